The van der Waals surface area contributed by atoms with Crippen molar-refractivity contribution >= 4 is 17.2 Å². The van der Waals surface area contributed by atoms with E-state index in [4.69, 9.17) is 5.73 Å². The SMILES string of the molecule is C=C=C(N)/C(=N\N1CC=CCC1)Nc1ccc(N(C)C)cc1. The first-order valence-electron chi connectivity index (χ1n) is 7.29. The molecular weight excluding hydrogens is 274 g/mol. The maximum Gasteiger partial charge on any atom is 0.181 e. The van der Waals surface area contributed by atoms with E-state index < -0.39 is 0 Å². The Kier molecular flexibility index (Phi) is 5.28. The summed E-state index contributed by atoms with van der Waals surface area (Å²) in [5.41, 5.74) is 11.1. The van der Waals surface area contributed by atoms with Gasteiger partial charge in [-0.3, -0.25) is 5.01 Å². The van der Waals surface area contributed by atoms with Crippen molar-refractivity contribution in [2.75, 3.05) is 37.4 Å². The molecule has 22 heavy (non-hydrogen) atoms. The fraction of sp³-hybridized carbons (Fsp3) is 0.294. The normalized spacial score (nSPS) is 14.5. The van der Waals surface area contributed by atoms with Gasteiger partial charge in [-0.2, -0.15) is 5.10 Å². The Bertz CT molecular complexity index is 606. The van der Waals surface area contributed by atoms with E-state index in [-0.39, 0.29) is 0 Å². The van der Waals surface area contributed by atoms with Crippen LogP contribution >= 0.6 is 0 Å². The molecule has 0 aliphatic carbocycles. The molecule has 1 aromatic rings. The molecule has 1 aliphatic rings. The molecule has 0 spiro atoms. The molecule has 3 N–H and O–H groups in total. The zero-order valence-electron chi connectivity index (χ0n) is 13.2. The molecule has 0 bridgehead atoms. The minimum Gasteiger partial charge on any atom is -0.389 e. The number of rotatable bonds is 4. The van der Waals surface area contributed by atoms with Gasteiger partial charge in [0.1, 0.15) is 5.70 Å². The Morgan fingerprint density at radius 1 is 1.32 bits per heavy atom. The van der Waals surface area contributed by atoms with Gasteiger partial charge in [0.15, 0.2) is 5.84 Å². The summed E-state index contributed by atoms with van der Waals surface area (Å²) in [6, 6.07) is 8.07. The number of nitrogens with zero attached hydrogens (tertiary/aromatic N) is 3. The summed E-state index contributed by atoms with van der Waals surface area (Å²) in [4.78, 5) is 2.05. The second-order valence-electron chi connectivity index (χ2n) is 5.28. The van der Waals surface area contributed by atoms with Gasteiger partial charge in [0.2, 0.25) is 0 Å². The maximum atomic E-state index is 5.96. The maximum absolute atomic E-state index is 5.96. The van der Waals surface area contributed by atoms with Crippen molar-refractivity contribution in [3.8, 4) is 0 Å². The van der Waals surface area contributed by atoms with Crippen LogP contribution in [0.4, 0.5) is 11.4 Å². The zero-order chi connectivity index (χ0) is 15.9. The highest BCUT2D eigenvalue weighted by atomic mass is 15.5. The van der Waals surface area contributed by atoms with Crippen molar-refractivity contribution in [2.24, 2.45) is 10.8 Å². The van der Waals surface area contributed by atoms with Crippen molar-refractivity contribution < 1.29 is 0 Å². The second kappa shape index (κ2) is 7.38. The number of hydrogen-bond donors (Lipinski definition) is 2. The van der Waals surface area contributed by atoms with Crippen LogP contribution in [0.25, 0.3) is 0 Å². The highest BCUT2D eigenvalue weighted by Gasteiger charge is 2.09. The summed E-state index contributed by atoms with van der Waals surface area (Å²) < 4.78 is 0. The minimum absolute atomic E-state index is 0.409. The van der Waals surface area contributed by atoms with Crippen molar-refractivity contribution in [3.63, 3.8) is 0 Å². The lowest BCUT2D eigenvalue weighted by Gasteiger charge is -2.22. The summed E-state index contributed by atoms with van der Waals surface area (Å²) in [5.74, 6) is 0.572. The highest BCUT2D eigenvalue weighted by Crippen LogP contribution is 2.16. The van der Waals surface area contributed by atoms with E-state index in [1.165, 1.54) is 0 Å². The number of hydrazone groups is 1. The van der Waals surface area contributed by atoms with Gasteiger partial charge in [0, 0.05) is 32.0 Å². The fourth-order valence-corrected chi connectivity index (χ4v) is 2.07. The molecule has 116 valence electrons. The van der Waals surface area contributed by atoms with E-state index in [2.05, 4.69) is 39.8 Å². The van der Waals surface area contributed by atoms with Gasteiger partial charge in [0.25, 0.3) is 0 Å². The van der Waals surface area contributed by atoms with Crippen molar-refractivity contribution in [1.29, 1.82) is 0 Å². The third-order valence-electron chi connectivity index (χ3n) is 3.37. The van der Waals surface area contributed by atoms with Crippen LogP contribution in [0.5, 0.6) is 0 Å². The number of anilines is 2. The molecule has 5 heteroatoms. The summed E-state index contributed by atoms with van der Waals surface area (Å²) in [5, 5.41) is 9.79. The monoisotopic (exact) mass is 297 g/mol. The number of benzene rings is 1. The van der Waals surface area contributed by atoms with E-state index in [0.717, 1.165) is 30.9 Å². The Balaban J connectivity index is 2.17. The van der Waals surface area contributed by atoms with Crippen LogP contribution < -0.4 is 16.0 Å². The first kappa shape index (κ1) is 15.7. The number of nitrogens with one attached hydrogen (secondary N) is 1. The van der Waals surface area contributed by atoms with Gasteiger partial charge >= 0.3 is 0 Å². The molecule has 5 nitrogen and oxygen atoms in total. The summed E-state index contributed by atoms with van der Waals surface area (Å²) in [6.07, 6.45) is 5.25. The van der Waals surface area contributed by atoms with Crippen LogP contribution in [0.2, 0.25) is 0 Å². The lowest BCUT2D eigenvalue weighted by Crippen LogP contribution is -2.28. The van der Waals surface area contributed by atoms with Gasteiger partial charge in [-0.1, -0.05) is 24.5 Å². The first-order valence-corrected chi connectivity index (χ1v) is 7.29. The standard InChI is InChI=1S/C17H23N5/c1-4-16(18)17(20-22-12-6-5-7-13-22)19-14-8-10-15(11-9-14)21(2)3/h5-6,8-11H,1,7,12-13,18H2,2-3H3,(H,19,20). The molecule has 0 unspecified atom stereocenters. The quantitative estimate of drug-likeness (QED) is 0.388. The second-order valence-corrected chi connectivity index (χ2v) is 5.28. The third kappa shape index (κ3) is 4.17. The molecule has 0 atom stereocenters. The number of hydrogen-bond acceptors (Lipinski definition) is 4. The summed E-state index contributed by atoms with van der Waals surface area (Å²) >= 11 is 0. The zero-order valence-corrected chi connectivity index (χ0v) is 13.2. The lowest BCUT2D eigenvalue weighted by atomic mass is 10.2. The lowest BCUT2D eigenvalue weighted by molar-refractivity contribution is 0.315. The molecule has 0 saturated carbocycles. The predicted molar refractivity (Wildman–Crippen MR) is 94.0 cm³/mol. The average Bonchev–Trinajstić information content (AvgIpc) is 2.55. The molecular formula is C17H23N5. The van der Waals surface area contributed by atoms with Crippen LogP contribution in [0.3, 0.4) is 0 Å². The van der Waals surface area contributed by atoms with Gasteiger partial charge in [-0.25, -0.2) is 0 Å². The number of amidine groups is 1. The van der Waals surface area contributed by atoms with Crippen LogP contribution in [0.1, 0.15) is 6.42 Å². The molecule has 1 aromatic carbocycles. The molecule has 0 saturated heterocycles. The molecule has 2 rings (SSSR count). The van der Waals surface area contributed by atoms with Gasteiger partial charge < -0.3 is 16.0 Å². The molecule has 1 heterocycles. The van der Waals surface area contributed by atoms with E-state index in [1.54, 1.807) is 0 Å². The van der Waals surface area contributed by atoms with Crippen molar-refractivity contribution in [2.45, 2.75) is 6.42 Å². The van der Waals surface area contributed by atoms with Crippen LogP contribution in [-0.2, 0) is 0 Å². The van der Waals surface area contributed by atoms with Gasteiger partial charge in [0.05, 0.1) is 6.54 Å². The van der Waals surface area contributed by atoms with Crippen molar-refractivity contribution in [3.05, 3.63) is 54.4 Å². The Labute approximate surface area is 132 Å². The Morgan fingerprint density at radius 3 is 2.59 bits per heavy atom. The first-order chi connectivity index (χ1) is 10.6. The largest absolute Gasteiger partial charge is 0.389 e. The average molecular weight is 297 g/mol. The Hall–Kier alpha value is -2.65. The third-order valence-corrected chi connectivity index (χ3v) is 3.37. The molecule has 1 aliphatic heterocycles. The summed E-state index contributed by atoms with van der Waals surface area (Å²) in [6.45, 7) is 5.27. The van der Waals surface area contributed by atoms with Gasteiger partial charge in [-0.15, -0.1) is 0 Å². The van der Waals surface area contributed by atoms with E-state index in [0.29, 0.717) is 11.5 Å². The number of nitrogens with two attached hydrogens (primary N) is 1. The van der Waals surface area contributed by atoms with Crippen LogP contribution in [-0.4, -0.2) is 38.0 Å². The molecule has 0 fully saturated rings. The van der Waals surface area contributed by atoms with Gasteiger partial charge in [-0.05, 0) is 30.7 Å². The van der Waals surface area contributed by atoms with E-state index in [1.807, 2.05) is 43.4 Å². The van der Waals surface area contributed by atoms with E-state index in [9.17, 15) is 0 Å². The molecule has 0 amide bonds. The summed E-state index contributed by atoms with van der Waals surface area (Å²) in [7, 11) is 4.02. The predicted octanol–water partition coefficient (Wildman–Crippen LogP) is 2.37. The molecule has 0 radical (unpaired) electrons. The van der Waals surface area contributed by atoms with Crippen molar-refractivity contribution in [1.82, 2.24) is 5.01 Å². The highest BCUT2D eigenvalue weighted by molar-refractivity contribution is 6.07. The minimum atomic E-state index is 0.409. The smallest absolute Gasteiger partial charge is 0.181 e. The van der Waals surface area contributed by atoms with E-state index >= 15 is 0 Å². The van der Waals surface area contributed by atoms with Crippen LogP contribution in [0.15, 0.2) is 59.5 Å². The fourth-order valence-electron chi connectivity index (χ4n) is 2.07. The Morgan fingerprint density at radius 2 is 2.05 bits per heavy atom. The molecule has 0 aromatic heterocycles. The van der Waals surface area contributed by atoms with Crippen LogP contribution in [0, 0.1) is 0 Å². The topological polar surface area (TPSA) is 56.9 Å².